The van der Waals surface area contributed by atoms with Crippen molar-refractivity contribution in [1.82, 2.24) is 10.2 Å². The first-order valence-electron chi connectivity index (χ1n) is 9.37. The van der Waals surface area contributed by atoms with E-state index in [0.29, 0.717) is 6.10 Å². The van der Waals surface area contributed by atoms with Crippen LogP contribution in [0, 0.1) is 11.8 Å². The molecule has 3 fully saturated rings. The van der Waals surface area contributed by atoms with Gasteiger partial charge in [0, 0.05) is 31.8 Å². The Morgan fingerprint density at radius 3 is 2.81 bits per heavy atom. The number of rotatable bonds is 7. The summed E-state index contributed by atoms with van der Waals surface area (Å²) in [6, 6.07) is 1.52. The van der Waals surface area contributed by atoms with Crippen molar-refractivity contribution in [3.63, 3.8) is 0 Å². The highest BCUT2D eigenvalue weighted by atomic mass is 16.5. The zero-order chi connectivity index (χ0) is 14.7. The molecule has 3 heteroatoms. The van der Waals surface area contributed by atoms with Crippen LogP contribution in [0.4, 0.5) is 0 Å². The van der Waals surface area contributed by atoms with Crippen molar-refractivity contribution in [3.05, 3.63) is 0 Å². The Bertz CT molecular complexity index is 312. The predicted octanol–water partition coefficient (Wildman–Crippen LogP) is 3.04. The largest absolute Gasteiger partial charge is 0.378 e. The van der Waals surface area contributed by atoms with Gasteiger partial charge in [0.05, 0.1) is 6.10 Å². The molecule has 2 heterocycles. The van der Waals surface area contributed by atoms with Gasteiger partial charge in [0.1, 0.15) is 0 Å². The number of nitrogens with one attached hydrogen (secondary N) is 1. The van der Waals surface area contributed by atoms with Crippen molar-refractivity contribution >= 4 is 0 Å². The van der Waals surface area contributed by atoms with Gasteiger partial charge in [-0.2, -0.15) is 0 Å². The Morgan fingerprint density at radius 2 is 2.14 bits per heavy atom. The van der Waals surface area contributed by atoms with Crippen LogP contribution in [0.15, 0.2) is 0 Å². The van der Waals surface area contributed by atoms with Crippen molar-refractivity contribution in [3.8, 4) is 0 Å². The van der Waals surface area contributed by atoms with E-state index in [9.17, 15) is 0 Å². The third-order valence-electron chi connectivity index (χ3n) is 5.98. The van der Waals surface area contributed by atoms with Gasteiger partial charge in [0.25, 0.3) is 0 Å². The second-order valence-electron chi connectivity index (χ2n) is 7.58. The molecular formula is C18H34N2O. The fourth-order valence-corrected chi connectivity index (χ4v) is 4.15. The molecule has 4 unspecified atom stereocenters. The molecule has 0 bridgehead atoms. The second kappa shape index (κ2) is 7.43. The molecule has 0 aromatic rings. The molecule has 1 N–H and O–H groups in total. The number of ether oxygens (including phenoxy) is 1. The molecule has 0 spiro atoms. The summed E-state index contributed by atoms with van der Waals surface area (Å²) in [6.45, 7) is 9.53. The van der Waals surface area contributed by atoms with Crippen LogP contribution in [0.3, 0.4) is 0 Å². The molecule has 122 valence electrons. The monoisotopic (exact) mass is 294 g/mol. The van der Waals surface area contributed by atoms with Crippen LogP contribution in [-0.4, -0.2) is 49.3 Å². The Balaban J connectivity index is 1.48. The first-order valence-corrected chi connectivity index (χ1v) is 9.37. The third kappa shape index (κ3) is 4.20. The molecule has 4 atom stereocenters. The maximum absolute atomic E-state index is 5.78. The van der Waals surface area contributed by atoms with E-state index in [1.807, 2.05) is 0 Å². The fraction of sp³-hybridized carbons (Fsp3) is 1.00. The minimum atomic E-state index is 0.564. The normalized spacial score (nSPS) is 36.0. The van der Waals surface area contributed by atoms with Crippen molar-refractivity contribution in [1.29, 1.82) is 0 Å². The molecule has 0 aromatic heterocycles. The Labute approximate surface area is 130 Å². The molecule has 3 aliphatic rings. The molecule has 2 saturated heterocycles. The SMILES string of the molecule is CCC(C)C1CNC(C2CC2)CN1CCCC1CCCO1. The lowest BCUT2D eigenvalue weighted by Gasteiger charge is -2.43. The first kappa shape index (κ1) is 15.8. The van der Waals surface area contributed by atoms with Gasteiger partial charge in [-0.25, -0.2) is 0 Å². The Morgan fingerprint density at radius 1 is 1.29 bits per heavy atom. The van der Waals surface area contributed by atoms with Crippen molar-refractivity contribution in [2.75, 3.05) is 26.2 Å². The van der Waals surface area contributed by atoms with Gasteiger partial charge in [-0.15, -0.1) is 0 Å². The van der Waals surface area contributed by atoms with E-state index in [1.54, 1.807) is 0 Å². The minimum Gasteiger partial charge on any atom is -0.378 e. The van der Waals surface area contributed by atoms with Crippen molar-refractivity contribution < 1.29 is 4.74 Å². The average molecular weight is 294 g/mol. The predicted molar refractivity (Wildman–Crippen MR) is 87.5 cm³/mol. The summed E-state index contributed by atoms with van der Waals surface area (Å²) in [7, 11) is 0. The summed E-state index contributed by atoms with van der Waals surface area (Å²) in [5.74, 6) is 1.78. The van der Waals surface area contributed by atoms with Gasteiger partial charge >= 0.3 is 0 Å². The molecule has 1 saturated carbocycles. The lowest BCUT2D eigenvalue weighted by Crippen LogP contribution is -2.59. The highest BCUT2D eigenvalue weighted by Gasteiger charge is 2.38. The van der Waals surface area contributed by atoms with Gasteiger partial charge in [-0.3, -0.25) is 4.90 Å². The minimum absolute atomic E-state index is 0.564. The Kier molecular flexibility index (Phi) is 5.58. The summed E-state index contributed by atoms with van der Waals surface area (Å²) in [4.78, 5) is 2.81. The maximum atomic E-state index is 5.78. The number of hydrogen-bond acceptors (Lipinski definition) is 3. The van der Waals surface area contributed by atoms with E-state index < -0.39 is 0 Å². The van der Waals surface area contributed by atoms with Crippen LogP contribution < -0.4 is 5.32 Å². The highest BCUT2D eigenvalue weighted by Crippen LogP contribution is 2.35. The zero-order valence-corrected chi connectivity index (χ0v) is 14.0. The number of nitrogens with zero attached hydrogens (tertiary/aromatic N) is 1. The highest BCUT2D eigenvalue weighted by molar-refractivity contribution is 4.95. The topological polar surface area (TPSA) is 24.5 Å². The molecule has 3 rings (SSSR count). The summed E-state index contributed by atoms with van der Waals surface area (Å²) in [5.41, 5.74) is 0. The van der Waals surface area contributed by atoms with Crippen LogP contribution in [0.1, 0.15) is 58.8 Å². The van der Waals surface area contributed by atoms with Crippen LogP contribution in [0.25, 0.3) is 0 Å². The van der Waals surface area contributed by atoms with E-state index in [0.717, 1.165) is 30.5 Å². The molecule has 0 amide bonds. The molecule has 0 radical (unpaired) electrons. The van der Waals surface area contributed by atoms with Crippen LogP contribution in [0.5, 0.6) is 0 Å². The molecule has 21 heavy (non-hydrogen) atoms. The van der Waals surface area contributed by atoms with Gasteiger partial charge in [0.15, 0.2) is 0 Å². The second-order valence-corrected chi connectivity index (χ2v) is 7.58. The van der Waals surface area contributed by atoms with Crippen molar-refractivity contribution in [2.45, 2.75) is 77.0 Å². The average Bonchev–Trinajstić information content (AvgIpc) is 3.24. The van der Waals surface area contributed by atoms with Gasteiger partial charge in [-0.1, -0.05) is 20.3 Å². The molecular weight excluding hydrogens is 260 g/mol. The summed E-state index contributed by atoms with van der Waals surface area (Å²) in [5, 5.41) is 3.84. The van der Waals surface area contributed by atoms with E-state index in [-0.39, 0.29) is 0 Å². The molecule has 3 nitrogen and oxygen atoms in total. The molecule has 0 aromatic carbocycles. The van der Waals surface area contributed by atoms with Crippen LogP contribution in [0.2, 0.25) is 0 Å². The van der Waals surface area contributed by atoms with Gasteiger partial charge < -0.3 is 10.1 Å². The summed E-state index contributed by atoms with van der Waals surface area (Å²) >= 11 is 0. The first-order chi connectivity index (χ1) is 10.3. The standard InChI is InChI=1S/C18H34N2O/c1-3-14(2)18-12-19-17(15-8-9-15)13-20(18)10-4-6-16-7-5-11-21-16/h14-19H,3-13H2,1-2H3. The smallest absolute Gasteiger partial charge is 0.0576 e. The van der Waals surface area contributed by atoms with Gasteiger partial charge in [-0.05, 0) is 56.9 Å². The zero-order valence-electron chi connectivity index (χ0n) is 14.0. The summed E-state index contributed by atoms with van der Waals surface area (Å²) in [6.07, 6.45) is 9.92. The van der Waals surface area contributed by atoms with Crippen LogP contribution in [-0.2, 0) is 4.74 Å². The van der Waals surface area contributed by atoms with E-state index in [1.165, 1.54) is 64.6 Å². The maximum Gasteiger partial charge on any atom is 0.0576 e. The van der Waals surface area contributed by atoms with Gasteiger partial charge in [0.2, 0.25) is 0 Å². The summed E-state index contributed by atoms with van der Waals surface area (Å²) < 4.78 is 5.78. The number of piperazine rings is 1. The van der Waals surface area contributed by atoms with Crippen LogP contribution >= 0.6 is 0 Å². The van der Waals surface area contributed by atoms with E-state index in [4.69, 9.17) is 4.74 Å². The fourth-order valence-electron chi connectivity index (χ4n) is 4.15. The number of hydrogen-bond donors (Lipinski definition) is 1. The van der Waals surface area contributed by atoms with Crippen molar-refractivity contribution in [2.24, 2.45) is 11.8 Å². The van der Waals surface area contributed by atoms with E-state index in [2.05, 4.69) is 24.1 Å². The lowest BCUT2D eigenvalue weighted by molar-refractivity contribution is 0.0694. The molecule has 2 aliphatic heterocycles. The quantitative estimate of drug-likeness (QED) is 0.781. The third-order valence-corrected chi connectivity index (χ3v) is 5.98. The molecule has 1 aliphatic carbocycles. The van der Waals surface area contributed by atoms with E-state index >= 15 is 0 Å². The lowest BCUT2D eigenvalue weighted by atomic mass is 9.93. The Hall–Kier alpha value is -0.120.